The van der Waals surface area contributed by atoms with Crippen LogP contribution in [0.25, 0.3) is 0 Å². The fraction of sp³-hybridized carbons (Fsp3) is 0.643. The van der Waals surface area contributed by atoms with Gasteiger partial charge in [0.05, 0.1) is 12.7 Å². The Labute approximate surface area is 204 Å². The summed E-state index contributed by atoms with van der Waals surface area (Å²) in [7, 11) is 1.64. The molecule has 1 unspecified atom stereocenters. The van der Waals surface area contributed by atoms with Crippen LogP contribution in [-0.4, -0.2) is 48.2 Å². The van der Waals surface area contributed by atoms with Crippen molar-refractivity contribution >= 4 is 11.6 Å². The lowest BCUT2D eigenvalue weighted by Gasteiger charge is -2.22. The molecule has 1 aliphatic rings. The molecule has 0 amide bonds. The predicted octanol–water partition coefficient (Wildman–Crippen LogP) is 5.42. The number of allylic oxidation sites excluding steroid dienone is 1. The Bertz CT molecular complexity index is 822. The lowest BCUT2D eigenvalue weighted by atomic mass is 9.88. The quantitative estimate of drug-likeness (QED) is 0.311. The molecule has 2 rings (SSSR count). The van der Waals surface area contributed by atoms with Gasteiger partial charge in [-0.2, -0.15) is 0 Å². The van der Waals surface area contributed by atoms with Gasteiger partial charge in [-0.3, -0.25) is 4.79 Å². The highest BCUT2D eigenvalue weighted by Crippen LogP contribution is 2.41. The van der Waals surface area contributed by atoms with Crippen molar-refractivity contribution in [2.75, 3.05) is 20.3 Å². The first-order valence-corrected chi connectivity index (χ1v) is 12.7. The van der Waals surface area contributed by atoms with E-state index in [4.69, 9.17) is 9.47 Å². The number of aliphatic hydroxyl groups excluding tert-OH is 1. The van der Waals surface area contributed by atoms with Gasteiger partial charge in [0.2, 0.25) is 0 Å². The van der Waals surface area contributed by atoms with Gasteiger partial charge in [-0.1, -0.05) is 19.4 Å². The monoisotopic (exact) mass is 474 g/mol. The number of carbonyl (C=O) groups excluding carboxylic acids is 2. The molecule has 0 heterocycles. The zero-order chi connectivity index (χ0) is 24.9. The molecule has 0 radical (unpaired) electrons. The van der Waals surface area contributed by atoms with Crippen LogP contribution in [0.3, 0.4) is 0 Å². The van der Waals surface area contributed by atoms with E-state index in [-0.39, 0.29) is 35.9 Å². The van der Waals surface area contributed by atoms with Crippen LogP contribution >= 0.6 is 0 Å². The second kappa shape index (κ2) is 14.9. The van der Waals surface area contributed by atoms with Crippen molar-refractivity contribution in [3.05, 3.63) is 34.9 Å². The molecule has 6 heteroatoms. The molecule has 1 aliphatic carbocycles. The van der Waals surface area contributed by atoms with Gasteiger partial charge in [-0.25, -0.2) is 0 Å². The number of hydrogen-bond donors (Lipinski definition) is 2. The van der Waals surface area contributed by atoms with E-state index in [2.05, 4.69) is 0 Å². The largest absolute Gasteiger partial charge is 0.504 e. The van der Waals surface area contributed by atoms with Crippen LogP contribution in [0.1, 0.15) is 95.1 Å². The smallest absolute Gasteiger partial charge is 0.161 e. The summed E-state index contributed by atoms with van der Waals surface area (Å²) < 4.78 is 11.5. The van der Waals surface area contributed by atoms with Gasteiger partial charge in [-0.15, -0.1) is 0 Å². The standard InChI is InChI=1S/C28H42O6/c1-4-7-22(19-29)16-24(31)13-11-21-17-26(23(14-15-33-3)12-10-20(2)30)28(32)27(18-21)34-25-8-5-6-9-25/h16-18,23,25,29,32H,4-15,19H2,1-3H3. The summed E-state index contributed by atoms with van der Waals surface area (Å²) in [6, 6.07) is 3.80. The fourth-order valence-electron chi connectivity index (χ4n) is 4.60. The van der Waals surface area contributed by atoms with E-state index < -0.39 is 0 Å². The van der Waals surface area contributed by atoms with Crippen molar-refractivity contribution in [3.8, 4) is 11.5 Å². The third-order valence-corrected chi connectivity index (χ3v) is 6.51. The summed E-state index contributed by atoms with van der Waals surface area (Å²) in [4.78, 5) is 24.2. The van der Waals surface area contributed by atoms with Crippen molar-refractivity contribution in [2.45, 2.75) is 96.5 Å². The number of rotatable bonds is 16. The van der Waals surface area contributed by atoms with Gasteiger partial charge in [0.1, 0.15) is 5.78 Å². The minimum atomic E-state index is -0.0976. The molecule has 1 aromatic carbocycles. The second-order valence-electron chi connectivity index (χ2n) is 9.45. The van der Waals surface area contributed by atoms with Crippen molar-refractivity contribution < 1.29 is 29.3 Å². The van der Waals surface area contributed by atoms with E-state index in [1.165, 1.54) is 0 Å². The maximum atomic E-state index is 12.5. The Kier molecular flexibility index (Phi) is 12.3. The molecule has 2 N–H and O–H groups in total. The molecule has 1 atom stereocenters. The SMILES string of the molecule is CCCC(=CC(=O)CCc1cc(OC2CCCC2)c(O)c(C(CCOC)CCC(C)=O)c1)CO. The highest BCUT2D eigenvalue weighted by molar-refractivity contribution is 5.90. The molecule has 0 bridgehead atoms. The lowest BCUT2D eigenvalue weighted by molar-refractivity contribution is -0.117. The highest BCUT2D eigenvalue weighted by Gasteiger charge is 2.24. The van der Waals surface area contributed by atoms with Crippen LogP contribution in [0.4, 0.5) is 0 Å². The van der Waals surface area contributed by atoms with Crippen molar-refractivity contribution in [1.29, 1.82) is 0 Å². The van der Waals surface area contributed by atoms with Gasteiger partial charge < -0.3 is 24.5 Å². The van der Waals surface area contributed by atoms with Crippen LogP contribution in [-0.2, 0) is 20.7 Å². The van der Waals surface area contributed by atoms with E-state index in [9.17, 15) is 19.8 Å². The molecule has 0 aliphatic heterocycles. The molecule has 1 saturated carbocycles. The number of phenols is 1. The van der Waals surface area contributed by atoms with E-state index in [1.54, 1.807) is 20.1 Å². The summed E-state index contributed by atoms with van der Waals surface area (Å²) in [5.41, 5.74) is 2.44. The van der Waals surface area contributed by atoms with Gasteiger partial charge >= 0.3 is 0 Å². The van der Waals surface area contributed by atoms with Crippen LogP contribution in [0.2, 0.25) is 0 Å². The first-order valence-electron chi connectivity index (χ1n) is 12.7. The van der Waals surface area contributed by atoms with Gasteiger partial charge in [-0.05, 0) is 87.5 Å². The first-order chi connectivity index (χ1) is 16.4. The molecule has 0 saturated heterocycles. The lowest BCUT2D eigenvalue weighted by Crippen LogP contribution is -2.13. The van der Waals surface area contributed by atoms with Crippen LogP contribution < -0.4 is 4.74 Å². The molecular weight excluding hydrogens is 432 g/mol. The summed E-state index contributed by atoms with van der Waals surface area (Å²) in [6.07, 6.45) is 10.0. The van der Waals surface area contributed by atoms with Crippen molar-refractivity contribution in [1.82, 2.24) is 0 Å². The van der Waals surface area contributed by atoms with Gasteiger partial charge in [0, 0.05) is 32.1 Å². The van der Waals surface area contributed by atoms with E-state index in [1.807, 2.05) is 19.1 Å². The average molecular weight is 475 g/mol. The number of carbonyl (C=O) groups is 2. The zero-order valence-corrected chi connectivity index (χ0v) is 21.1. The third-order valence-electron chi connectivity index (χ3n) is 6.51. The van der Waals surface area contributed by atoms with Crippen molar-refractivity contribution in [2.24, 2.45) is 0 Å². The summed E-state index contributed by atoms with van der Waals surface area (Å²) in [5, 5.41) is 20.6. The topological polar surface area (TPSA) is 93.1 Å². The van der Waals surface area contributed by atoms with Gasteiger partial charge in [0.25, 0.3) is 0 Å². The number of phenolic OH excluding ortho intramolecular Hbond substituents is 1. The number of methoxy groups -OCH3 is 1. The molecule has 6 nitrogen and oxygen atoms in total. The second-order valence-corrected chi connectivity index (χ2v) is 9.45. The number of ketones is 2. The Morgan fingerprint density at radius 2 is 1.88 bits per heavy atom. The number of Topliss-reactive ketones (excluding diaryl/α,β-unsaturated/α-hetero) is 1. The minimum absolute atomic E-state index is 0.0158. The molecule has 190 valence electrons. The number of ether oxygens (including phenoxy) is 2. The molecular formula is C28H42O6. The number of benzene rings is 1. The first kappa shape index (κ1) is 28.1. The molecule has 0 spiro atoms. The van der Waals surface area contributed by atoms with Crippen molar-refractivity contribution in [3.63, 3.8) is 0 Å². The third kappa shape index (κ3) is 9.22. The number of aliphatic hydroxyl groups is 1. The maximum absolute atomic E-state index is 12.5. The van der Waals surface area contributed by atoms with Crippen LogP contribution in [0.5, 0.6) is 11.5 Å². The van der Waals surface area contributed by atoms with Crippen LogP contribution in [0, 0.1) is 0 Å². The Balaban J connectivity index is 2.30. The highest BCUT2D eigenvalue weighted by atomic mass is 16.5. The Hall–Kier alpha value is -2.18. The molecule has 0 aromatic heterocycles. The molecule has 1 aromatic rings. The normalized spacial score (nSPS) is 15.5. The number of aromatic hydroxyl groups is 1. The van der Waals surface area contributed by atoms with E-state index in [0.29, 0.717) is 50.9 Å². The Morgan fingerprint density at radius 1 is 1.15 bits per heavy atom. The van der Waals surface area contributed by atoms with E-state index >= 15 is 0 Å². The molecule has 1 fully saturated rings. The predicted molar refractivity (Wildman–Crippen MR) is 134 cm³/mol. The summed E-state index contributed by atoms with van der Waals surface area (Å²) in [5.74, 6) is 0.658. The maximum Gasteiger partial charge on any atom is 0.161 e. The average Bonchev–Trinajstić information content (AvgIpc) is 3.32. The van der Waals surface area contributed by atoms with Crippen LogP contribution in [0.15, 0.2) is 23.8 Å². The number of hydrogen-bond acceptors (Lipinski definition) is 6. The van der Waals surface area contributed by atoms with E-state index in [0.717, 1.165) is 48.8 Å². The summed E-state index contributed by atoms with van der Waals surface area (Å²) >= 11 is 0. The van der Waals surface area contributed by atoms with Gasteiger partial charge in [0.15, 0.2) is 17.3 Å². The fourth-order valence-corrected chi connectivity index (χ4v) is 4.60. The Morgan fingerprint density at radius 3 is 2.50 bits per heavy atom. The minimum Gasteiger partial charge on any atom is -0.504 e. The molecule has 34 heavy (non-hydrogen) atoms. The number of aryl methyl sites for hydroxylation is 1. The zero-order valence-electron chi connectivity index (χ0n) is 21.1. The summed E-state index contributed by atoms with van der Waals surface area (Å²) in [6.45, 7) is 4.02.